The summed E-state index contributed by atoms with van der Waals surface area (Å²) in [5, 5.41) is 13.0. The molecule has 9 heteroatoms. The summed E-state index contributed by atoms with van der Waals surface area (Å²) in [4.78, 5) is 20.9. The van der Waals surface area contributed by atoms with Gasteiger partial charge in [0.15, 0.2) is 5.65 Å². The fourth-order valence-electron chi connectivity index (χ4n) is 3.29. The molecule has 0 aliphatic heterocycles. The van der Waals surface area contributed by atoms with E-state index in [0.29, 0.717) is 40.8 Å². The quantitative estimate of drug-likeness (QED) is 0.453. The van der Waals surface area contributed by atoms with E-state index >= 15 is 0 Å². The molecule has 2 amide bonds. The number of fused-ring (bicyclic) bond motifs is 1. The Balaban J connectivity index is 1.91. The Morgan fingerprint density at radius 2 is 1.94 bits per heavy atom. The number of halogens is 1. The van der Waals surface area contributed by atoms with E-state index in [1.54, 1.807) is 42.9 Å². The standard InChI is InChI=1S/C22H22FN7O/c1-4-25-22(31)27-18-12-15(9-10-26-18)21-20(14-5-6-16(23)13(2)11-14)28-19-8-7-17(24-3)29-30(19)21/h5-12H,4H2,1-3H3,(H,24,29)(H2,25,26,27,31). The van der Waals surface area contributed by atoms with Crippen molar-refractivity contribution in [3.63, 3.8) is 0 Å². The van der Waals surface area contributed by atoms with Crippen LogP contribution in [-0.2, 0) is 0 Å². The van der Waals surface area contributed by atoms with Crippen molar-refractivity contribution in [2.45, 2.75) is 13.8 Å². The topological polar surface area (TPSA) is 96.2 Å². The van der Waals surface area contributed by atoms with Crippen LogP contribution in [-0.4, -0.2) is 39.2 Å². The molecule has 0 fully saturated rings. The SMILES string of the molecule is CCNC(=O)Nc1cc(-c2c(-c3ccc(F)c(C)c3)nc3ccc(NC)nn23)ccn1. The maximum absolute atomic E-state index is 13.9. The maximum Gasteiger partial charge on any atom is 0.320 e. The van der Waals surface area contributed by atoms with E-state index in [-0.39, 0.29) is 11.8 Å². The number of benzene rings is 1. The highest BCUT2D eigenvalue weighted by molar-refractivity contribution is 5.89. The van der Waals surface area contributed by atoms with Gasteiger partial charge in [-0.25, -0.2) is 23.7 Å². The predicted molar refractivity (Wildman–Crippen MR) is 119 cm³/mol. The Morgan fingerprint density at radius 1 is 1.10 bits per heavy atom. The third-order valence-electron chi connectivity index (χ3n) is 4.78. The predicted octanol–water partition coefficient (Wildman–Crippen LogP) is 4.09. The van der Waals surface area contributed by atoms with Crippen molar-refractivity contribution in [2.24, 2.45) is 0 Å². The zero-order valence-electron chi connectivity index (χ0n) is 17.4. The van der Waals surface area contributed by atoms with Crippen molar-refractivity contribution < 1.29 is 9.18 Å². The van der Waals surface area contributed by atoms with Crippen molar-refractivity contribution in [1.82, 2.24) is 24.9 Å². The molecule has 0 radical (unpaired) electrons. The number of anilines is 2. The van der Waals surface area contributed by atoms with Crippen LogP contribution in [0.2, 0.25) is 0 Å². The van der Waals surface area contributed by atoms with Gasteiger partial charge < -0.3 is 10.6 Å². The molecule has 0 spiro atoms. The van der Waals surface area contributed by atoms with E-state index in [2.05, 4.69) is 26.0 Å². The summed E-state index contributed by atoms with van der Waals surface area (Å²) < 4.78 is 15.6. The van der Waals surface area contributed by atoms with Gasteiger partial charge in [0.2, 0.25) is 0 Å². The summed E-state index contributed by atoms with van der Waals surface area (Å²) >= 11 is 0. The Morgan fingerprint density at radius 3 is 2.68 bits per heavy atom. The molecule has 0 saturated heterocycles. The summed E-state index contributed by atoms with van der Waals surface area (Å²) in [6.07, 6.45) is 1.61. The molecule has 0 saturated carbocycles. The molecule has 4 aromatic rings. The van der Waals surface area contributed by atoms with Crippen LogP contribution in [0, 0.1) is 12.7 Å². The van der Waals surface area contributed by atoms with Gasteiger partial charge in [-0.3, -0.25) is 5.32 Å². The number of hydrogen-bond donors (Lipinski definition) is 3. The zero-order valence-corrected chi connectivity index (χ0v) is 17.4. The number of nitrogens with one attached hydrogen (secondary N) is 3. The van der Waals surface area contributed by atoms with Gasteiger partial charge in [-0.15, -0.1) is 5.10 Å². The van der Waals surface area contributed by atoms with Gasteiger partial charge in [0, 0.05) is 30.9 Å². The molecule has 31 heavy (non-hydrogen) atoms. The second kappa shape index (κ2) is 8.39. The van der Waals surface area contributed by atoms with Gasteiger partial charge in [0.25, 0.3) is 0 Å². The largest absolute Gasteiger partial charge is 0.372 e. The fraction of sp³-hybridized carbons (Fsp3) is 0.182. The maximum atomic E-state index is 13.9. The van der Waals surface area contributed by atoms with E-state index in [9.17, 15) is 9.18 Å². The van der Waals surface area contributed by atoms with Gasteiger partial charge in [-0.1, -0.05) is 0 Å². The molecular weight excluding hydrogens is 397 g/mol. The lowest BCUT2D eigenvalue weighted by Gasteiger charge is -2.09. The van der Waals surface area contributed by atoms with Crippen molar-refractivity contribution in [1.29, 1.82) is 0 Å². The summed E-state index contributed by atoms with van der Waals surface area (Å²) in [5.74, 6) is 0.786. The van der Waals surface area contributed by atoms with Gasteiger partial charge in [0.1, 0.15) is 23.1 Å². The van der Waals surface area contributed by atoms with E-state index in [4.69, 9.17) is 4.98 Å². The number of rotatable bonds is 5. The summed E-state index contributed by atoms with van der Waals surface area (Å²) in [6, 6.07) is 11.8. The third kappa shape index (κ3) is 4.02. The van der Waals surface area contributed by atoms with Crippen LogP contribution in [0.25, 0.3) is 28.2 Å². The molecule has 3 heterocycles. The molecule has 0 aliphatic carbocycles. The highest BCUT2D eigenvalue weighted by atomic mass is 19.1. The number of imidazole rings is 1. The molecule has 0 unspecified atom stereocenters. The summed E-state index contributed by atoms with van der Waals surface area (Å²) in [5.41, 5.74) is 4.05. The van der Waals surface area contributed by atoms with E-state index in [0.717, 1.165) is 11.1 Å². The summed E-state index contributed by atoms with van der Waals surface area (Å²) in [6.45, 7) is 4.06. The zero-order chi connectivity index (χ0) is 22.0. The monoisotopic (exact) mass is 419 g/mol. The number of carbonyl (C=O) groups is 1. The molecule has 4 rings (SSSR count). The lowest BCUT2D eigenvalue weighted by atomic mass is 10.0. The Labute approximate surface area is 178 Å². The van der Waals surface area contributed by atoms with E-state index in [1.807, 2.05) is 25.1 Å². The van der Waals surface area contributed by atoms with Crippen LogP contribution in [0.4, 0.5) is 20.8 Å². The minimum absolute atomic E-state index is 0.276. The molecule has 158 valence electrons. The minimum atomic E-state index is -0.338. The molecule has 0 aliphatic rings. The van der Waals surface area contributed by atoms with Crippen LogP contribution in [0.1, 0.15) is 12.5 Å². The van der Waals surface area contributed by atoms with Crippen molar-refractivity contribution >= 4 is 23.3 Å². The van der Waals surface area contributed by atoms with Crippen LogP contribution >= 0.6 is 0 Å². The average Bonchev–Trinajstić information content (AvgIpc) is 3.14. The van der Waals surface area contributed by atoms with Crippen LogP contribution < -0.4 is 16.0 Å². The number of carbonyl (C=O) groups excluding carboxylic acids is 1. The second-order valence-corrected chi connectivity index (χ2v) is 6.93. The Bertz CT molecular complexity index is 1270. The number of hydrogen-bond acceptors (Lipinski definition) is 5. The molecule has 8 nitrogen and oxygen atoms in total. The van der Waals surface area contributed by atoms with Gasteiger partial charge in [-0.05, 0) is 61.9 Å². The number of pyridine rings is 1. The Hall–Kier alpha value is -4.01. The normalized spacial score (nSPS) is 10.8. The lowest BCUT2D eigenvalue weighted by molar-refractivity contribution is 0.252. The number of aromatic nitrogens is 4. The van der Waals surface area contributed by atoms with Gasteiger partial charge in [-0.2, -0.15) is 0 Å². The third-order valence-corrected chi connectivity index (χ3v) is 4.78. The number of urea groups is 1. The van der Waals surface area contributed by atoms with Crippen LogP contribution in [0.3, 0.4) is 0 Å². The van der Waals surface area contributed by atoms with E-state index in [1.165, 1.54) is 6.07 Å². The molecule has 1 aromatic carbocycles. The second-order valence-electron chi connectivity index (χ2n) is 6.93. The summed E-state index contributed by atoms with van der Waals surface area (Å²) in [7, 11) is 1.79. The molecular formula is C22H22FN7O. The number of amides is 2. The average molecular weight is 419 g/mol. The highest BCUT2D eigenvalue weighted by Gasteiger charge is 2.19. The van der Waals surface area contributed by atoms with Crippen molar-refractivity contribution in [2.75, 3.05) is 24.2 Å². The first-order valence-corrected chi connectivity index (χ1v) is 9.85. The van der Waals surface area contributed by atoms with E-state index < -0.39 is 0 Å². The first-order valence-electron chi connectivity index (χ1n) is 9.85. The van der Waals surface area contributed by atoms with Gasteiger partial charge >= 0.3 is 6.03 Å². The van der Waals surface area contributed by atoms with Crippen molar-refractivity contribution in [3.8, 4) is 22.5 Å². The fourth-order valence-corrected chi connectivity index (χ4v) is 3.29. The van der Waals surface area contributed by atoms with Crippen LogP contribution in [0.15, 0.2) is 48.7 Å². The van der Waals surface area contributed by atoms with Gasteiger partial charge in [0.05, 0.1) is 5.69 Å². The minimum Gasteiger partial charge on any atom is -0.372 e. The number of aryl methyl sites for hydroxylation is 1. The molecule has 3 aromatic heterocycles. The lowest BCUT2D eigenvalue weighted by Crippen LogP contribution is -2.28. The Kier molecular flexibility index (Phi) is 5.48. The molecule has 3 N–H and O–H groups in total. The molecule has 0 bridgehead atoms. The molecule has 0 atom stereocenters. The highest BCUT2D eigenvalue weighted by Crippen LogP contribution is 2.34. The first kappa shape index (κ1) is 20.3. The van der Waals surface area contributed by atoms with Crippen LogP contribution in [0.5, 0.6) is 0 Å². The smallest absolute Gasteiger partial charge is 0.320 e. The first-order chi connectivity index (χ1) is 15.0. The number of nitrogens with zero attached hydrogens (tertiary/aromatic N) is 4. The van der Waals surface area contributed by atoms with Crippen molar-refractivity contribution in [3.05, 3.63) is 60.0 Å².